The van der Waals surface area contributed by atoms with Crippen LogP contribution in [0.15, 0.2) is 115 Å². The van der Waals surface area contributed by atoms with Gasteiger partial charge in [0.1, 0.15) is 5.01 Å². The van der Waals surface area contributed by atoms with Crippen LogP contribution in [-0.4, -0.2) is 9.36 Å². The zero-order valence-corrected chi connectivity index (χ0v) is 21.5. The van der Waals surface area contributed by atoms with Gasteiger partial charge >= 0.3 is 0 Å². The zero-order chi connectivity index (χ0) is 24.3. The molecule has 6 rings (SSSR count). The van der Waals surface area contributed by atoms with Crippen molar-refractivity contribution in [3.8, 4) is 42.6 Å². The van der Waals surface area contributed by atoms with E-state index < -0.39 is 0 Å². The molecular formula is C32H24N2S2. The van der Waals surface area contributed by atoms with Gasteiger partial charge in [-0.3, -0.25) is 0 Å². The molecule has 0 radical (unpaired) electrons. The summed E-state index contributed by atoms with van der Waals surface area (Å²) >= 11 is 3.35. The molecule has 174 valence electrons. The van der Waals surface area contributed by atoms with Crippen LogP contribution in [0, 0.1) is 6.92 Å². The lowest BCUT2D eigenvalue weighted by atomic mass is 9.98. The number of thiazole rings is 1. The number of hydrogen-bond donors (Lipinski definition) is 0. The fourth-order valence-electron chi connectivity index (χ4n) is 4.52. The standard InChI is InChI=1S/C32H24N2S2/c1-22-29(24-13-5-2-6-14-24)31(36-34-22)27-19-11-12-23(20-27)21-28-30(25-15-7-3-8-16-25)35-32(33-28)26-17-9-4-10-18-26/h2-20H,21H2,1H3. The van der Waals surface area contributed by atoms with Crippen LogP contribution in [0.25, 0.3) is 42.6 Å². The van der Waals surface area contributed by atoms with Gasteiger partial charge in [-0.1, -0.05) is 109 Å². The van der Waals surface area contributed by atoms with Crippen molar-refractivity contribution in [2.45, 2.75) is 13.3 Å². The fraction of sp³-hybridized carbons (Fsp3) is 0.0625. The molecule has 0 aliphatic rings. The molecule has 2 aromatic heterocycles. The summed E-state index contributed by atoms with van der Waals surface area (Å²) in [4.78, 5) is 7.58. The Morgan fingerprint density at radius 1 is 0.611 bits per heavy atom. The van der Waals surface area contributed by atoms with E-state index in [9.17, 15) is 0 Å². The summed E-state index contributed by atoms with van der Waals surface area (Å²) in [5.41, 5.74) is 9.46. The quantitative estimate of drug-likeness (QED) is 0.228. The minimum atomic E-state index is 0.778. The van der Waals surface area contributed by atoms with Gasteiger partial charge in [-0.2, -0.15) is 4.37 Å². The van der Waals surface area contributed by atoms with E-state index in [-0.39, 0.29) is 0 Å². The average molecular weight is 501 g/mol. The van der Waals surface area contributed by atoms with Gasteiger partial charge in [-0.05, 0) is 46.8 Å². The van der Waals surface area contributed by atoms with Gasteiger partial charge in [0, 0.05) is 17.5 Å². The largest absolute Gasteiger partial charge is 0.240 e. The van der Waals surface area contributed by atoms with E-state index in [4.69, 9.17) is 9.36 Å². The number of nitrogens with zero attached hydrogens (tertiary/aromatic N) is 2. The second kappa shape index (κ2) is 10.0. The van der Waals surface area contributed by atoms with Crippen LogP contribution in [0.4, 0.5) is 0 Å². The highest BCUT2D eigenvalue weighted by molar-refractivity contribution is 7.18. The van der Waals surface area contributed by atoms with Crippen LogP contribution in [-0.2, 0) is 6.42 Å². The molecule has 0 bridgehead atoms. The number of rotatable bonds is 6. The summed E-state index contributed by atoms with van der Waals surface area (Å²) in [6.07, 6.45) is 0.778. The van der Waals surface area contributed by atoms with Gasteiger partial charge in [0.2, 0.25) is 0 Å². The van der Waals surface area contributed by atoms with E-state index in [1.165, 1.54) is 37.6 Å². The van der Waals surface area contributed by atoms with Crippen molar-refractivity contribution in [2.75, 3.05) is 0 Å². The van der Waals surface area contributed by atoms with Crippen molar-refractivity contribution in [2.24, 2.45) is 0 Å². The monoisotopic (exact) mass is 500 g/mol. The maximum atomic E-state index is 5.13. The number of aromatic nitrogens is 2. The number of aryl methyl sites for hydroxylation is 1. The second-order valence-electron chi connectivity index (χ2n) is 8.74. The molecule has 0 aliphatic carbocycles. The second-order valence-corrected chi connectivity index (χ2v) is 10.5. The molecule has 6 aromatic rings. The highest BCUT2D eigenvalue weighted by Gasteiger charge is 2.17. The summed E-state index contributed by atoms with van der Waals surface area (Å²) in [6, 6.07) is 40.5. The van der Waals surface area contributed by atoms with Crippen molar-refractivity contribution in [3.05, 3.63) is 132 Å². The minimum Gasteiger partial charge on any atom is -0.240 e. The normalized spacial score (nSPS) is 11.0. The molecule has 0 atom stereocenters. The first kappa shape index (κ1) is 22.6. The van der Waals surface area contributed by atoms with Gasteiger partial charge in [-0.25, -0.2) is 4.98 Å². The Morgan fingerprint density at radius 2 is 1.22 bits per heavy atom. The summed E-state index contributed by atoms with van der Waals surface area (Å²) in [7, 11) is 0. The van der Waals surface area contributed by atoms with E-state index in [0.717, 1.165) is 28.4 Å². The number of hydrogen-bond acceptors (Lipinski definition) is 4. The molecule has 0 saturated heterocycles. The SMILES string of the molecule is Cc1nsc(-c2cccc(Cc3nc(-c4ccccc4)sc3-c3ccccc3)c2)c1-c1ccccc1. The predicted octanol–water partition coefficient (Wildman–Crippen LogP) is 9.17. The molecule has 36 heavy (non-hydrogen) atoms. The van der Waals surface area contributed by atoms with Crippen molar-refractivity contribution < 1.29 is 0 Å². The predicted molar refractivity (Wildman–Crippen MR) is 154 cm³/mol. The van der Waals surface area contributed by atoms with Crippen LogP contribution in [0.1, 0.15) is 17.0 Å². The van der Waals surface area contributed by atoms with E-state index >= 15 is 0 Å². The van der Waals surface area contributed by atoms with Gasteiger partial charge in [0.25, 0.3) is 0 Å². The minimum absolute atomic E-state index is 0.778. The molecule has 2 heterocycles. The molecule has 0 aliphatic heterocycles. The smallest absolute Gasteiger partial charge is 0.124 e. The Morgan fingerprint density at radius 3 is 1.92 bits per heavy atom. The molecule has 0 saturated carbocycles. The average Bonchev–Trinajstić information content (AvgIpc) is 3.54. The molecule has 0 N–H and O–H groups in total. The topological polar surface area (TPSA) is 25.8 Å². The van der Waals surface area contributed by atoms with E-state index in [0.29, 0.717) is 0 Å². The van der Waals surface area contributed by atoms with Crippen molar-refractivity contribution in [1.29, 1.82) is 0 Å². The van der Waals surface area contributed by atoms with Crippen LogP contribution >= 0.6 is 22.9 Å². The zero-order valence-electron chi connectivity index (χ0n) is 19.9. The van der Waals surface area contributed by atoms with Crippen LogP contribution in [0.2, 0.25) is 0 Å². The molecule has 0 fully saturated rings. The molecular weight excluding hydrogens is 477 g/mol. The van der Waals surface area contributed by atoms with Gasteiger partial charge in [-0.15, -0.1) is 11.3 Å². The third-order valence-electron chi connectivity index (χ3n) is 6.24. The first-order valence-electron chi connectivity index (χ1n) is 12.0. The molecule has 2 nitrogen and oxygen atoms in total. The molecule has 0 spiro atoms. The lowest BCUT2D eigenvalue weighted by Crippen LogP contribution is -1.92. The Bertz CT molecular complexity index is 1600. The summed E-state index contributed by atoms with van der Waals surface area (Å²) in [5.74, 6) is 0. The summed E-state index contributed by atoms with van der Waals surface area (Å²) < 4.78 is 4.70. The Balaban J connectivity index is 1.40. The third kappa shape index (κ3) is 4.53. The highest BCUT2D eigenvalue weighted by Crippen LogP contribution is 2.39. The Labute approximate surface area is 219 Å². The van der Waals surface area contributed by atoms with Crippen molar-refractivity contribution in [3.63, 3.8) is 0 Å². The van der Waals surface area contributed by atoms with E-state index in [1.54, 1.807) is 22.9 Å². The van der Waals surface area contributed by atoms with Gasteiger partial charge < -0.3 is 0 Å². The maximum absolute atomic E-state index is 5.13. The third-order valence-corrected chi connectivity index (χ3v) is 8.42. The van der Waals surface area contributed by atoms with Crippen LogP contribution < -0.4 is 0 Å². The molecule has 4 heteroatoms. The van der Waals surface area contributed by atoms with Crippen molar-refractivity contribution in [1.82, 2.24) is 9.36 Å². The van der Waals surface area contributed by atoms with Gasteiger partial charge in [0.05, 0.1) is 21.1 Å². The lowest BCUT2D eigenvalue weighted by Gasteiger charge is -2.08. The van der Waals surface area contributed by atoms with Gasteiger partial charge in [0.15, 0.2) is 0 Å². The summed E-state index contributed by atoms with van der Waals surface area (Å²) in [5, 5.41) is 1.06. The molecule has 0 amide bonds. The van der Waals surface area contributed by atoms with E-state index in [2.05, 4.69) is 116 Å². The van der Waals surface area contributed by atoms with E-state index in [1.807, 2.05) is 6.07 Å². The Hall–Kier alpha value is -3.86. The van der Waals surface area contributed by atoms with Crippen LogP contribution in [0.3, 0.4) is 0 Å². The highest BCUT2D eigenvalue weighted by atomic mass is 32.1. The first-order chi connectivity index (χ1) is 17.8. The maximum Gasteiger partial charge on any atom is 0.124 e. The van der Waals surface area contributed by atoms with Crippen LogP contribution in [0.5, 0.6) is 0 Å². The lowest BCUT2D eigenvalue weighted by molar-refractivity contribution is 1.11. The first-order valence-corrected chi connectivity index (χ1v) is 13.6. The van der Waals surface area contributed by atoms with Crippen molar-refractivity contribution >= 4 is 22.9 Å². The molecule has 4 aromatic carbocycles. The summed E-state index contributed by atoms with van der Waals surface area (Å²) in [6.45, 7) is 2.10. The number of benzene rings is 4. The molecule has 0 unspecified atom stereocenters. The Kier molecular flexibility index (Phi) is 6.29. The fourth-order valence-corrected chi connectivity index (χ4v) is 6.52.